The largest absolute Gasteiger partial charge is 0.370 e. The SMILES string of the molecule is CCC(C)c1ccc(NC(N)=NCc2cccnn2)cc1.I. The van der Waals surface area contributed by atoms with Crippen LogP contribution in [0.3, 0.4) is 0 Å². The molecule has 6 heteroatoms. The molecule has 1 atom stereocenters. The first-order valence-electron chi connectivity index (χ1n) is 7.12. The molecule has 2 rings (SSSR count). The molecule has 2 aromatic rings. The molecular formula is C16H22IN5. The molecule has 1 aromatic heterocycles. The Morgan fingerprint density at radius 3 is 2.59 bits per heavy atom. The fraction of sp³-hybridized carbons (Fsp3) is 0.312. The number of hydrogen-bond donors (Lipinski definition) is 2. The van der Waals surface area contributed by atoms with Crippen LogP contribution in [-0.2, 0) is 6.54 Å². The van der Waals surface area contributed by atoms with E-state index in [4.69, 9.17) is 5.73 Å². The first-order chi connectivity index (χ1) is 10.2. The minimum absolute atomic E-state index is 0. The van der Waals surface area contributed by atoms with Crippen molar-refractivity contribution in [1.82, 2.24) is 10.2 Å². The van der Waals surface area contributed by atoms with Gasteiger partial charge in [0, 0.05) is 11.9 Å². The van der Waals surface area contributed by atoms with Crippen molar-refractivity contribution in [2.45, 2.75) is 32.7 Å². The summed E-state index contributed by atoms with van der Waals surface area (Å²) in [6.45, 7) is 4.82. The molecule has 0 aliphatic rings. The maximum absolute atomic E-state index is 5.87. The van der Waals surface area contributed by atoms with E-state index in [2.05, 4.69) is 46.5 Å². The van der Waals surface area contributed by atoms with E-state index >= 15 is 0 Å². The second-order valence-electron chi connectivity index (χ2n) is 4.97. The number of nitrogens with two attached hydrogens (primary N) is 1. The zero-order valence-corrected chi connectivity index (χ0v) is 15.2. The molecule has 0 radical (unpaired) electrons. The first-order valence-corrected chi connectivity index (χ1v) is 7.12. The molecule has 3 N–H and O–H groups in total. The minimum atomic E-state index is 0. The average molecular weight is 411 g/mol. The van der Waals surface area contributed by atoms with Gasteiger partial charge < -0.3 is 11.1 Å². The third-order valence-corrected chi connectivity index (χ3v) is 3.40. The maximum atomic E-state index is 5.87. The van der Waals surface area contributed by atoms with Crippen LogP contribution in [0.5, 0.6) is 0 Å². The van der Waals surface area contributed by atoms with E-state index < -0.39 is 0 Å². The standard InChI is InChI=1S/C16H21N5.HI/c1-3-12(2)13-6-8-14(9-7-13)20-16(17)18-11-15-5-4-10-19-21-15;/h4-10,12H,3,11H2,1-2H3,(H3,17,18,20);1H. The van der Waals surface area contributed by atoms with Gasteiger partial charge >= 0.3 is 0 Å². The van der Waals surface area contributed by atoms with E-state index in [9.17, 15) is 0 Å². The van der Waals surface area contributed by atoms with Gasteiger partial charge in [0.15, 0.2) is 5.96 Å². The average Bonchev–Trinajstić information content (AvgIpc) is 2.54. The van der Waals surface area contributed by atoms with Gasteiger partial charge in [0.25, 0.3) is 0 Å². The van der Waals surface area contributed by atoms with E-state index in [1.54, 1.807) is 6.20 Å². The van der Waals surface area contributed by atoms with Crippen LogP contribution in [0.25, 0.3) is 0 Å². The lowest BCUT2D eigenvalue weighted by molar-refractivity contribution is 0.734. The fourth-order valence-electron chi connectivity index (χ4n) is 1.90. The molecule has 1 heterocycles. The molecule has 1 unspecified atom stereocenters. The summed E-state index contributed by atoms with van der Waals surface area (Å²) in [5.41, 5.74) is 8.92. The number of anilines is 1. The molecule has 118 valence electrons. The number of halogens is 1. The van der Waals surface area contributed by atoms with Crippen LogP contribution in [0.15, 0.2) is 47.6 Å². The highest BCUT2D eigenvalue weighted by molar-refractivity contribution is 14.0. The second-order valence-corrected chi connectivity index (χ2v) is 4.97. The molecule has 22 heavy (non-hydrogen) atoms. The lowest BCUT2D eigenvalue weighted by Gasteiger charge is -2.10. The summed E-state index contributed by atoms with van der Waals surface area (Å²) in [4.78, 5) is 4.24. The monoisotopic (exact) mass is 411 g/mol. The molecule has 1 aromatic carbocycles. The summed E-state index contributed by atoms with van der Waals surface area (Å²) in [7, 11) is 0. The number of benzene rings is 1. The Morgan fingerprint density at radius 1 is 1.27 bits per heavy atom. The predicted octanol–water partition coefficient (Wildman–Crippen LogP) is 3.53. The zero-order chi connectivity index (χ0) is 15.1. The van der Waals surface area contributed by atoms with Gasteiger partial charge in [-0.1, -0.05) is 26.0 Å². The van der Waals surface area contributed by atoms with Crippen molar-refractivity contribution in [2.24, 2.45) is 10.7 Å². The Hall–Kier alpha value is -1.70. The molecule has 0 fully saturated rings. The zero-order valence-electron chi connectivity index (χ0n) is 12.9. The van der Waals surface area contributed by atoms with Crippen molar-refractivity contribution in [3.05, 3.63) is 53.9 Å². The minimum Gasteiger partial charge on any atom is -0.370 e. The predicted molar refractivity (Wildman–Crippen MR) is 102 cm³/mol. The summed E-state index contributed by atoms with van der Waals surface area (Å²) < 4.78 is 0. The van der Waals surface area contributed by atoms with Crippen LogP contribution < -0.4 is 11.1 Å². The van der Waals surface area contributed by atoms with Crippen molar-refractivity contribution in [2.75, 3.05) is 5.32 Å². The second kappa shape index (κ2) is 9.34. The smallest absolute Gasteiger partial charge is 0.193 e. The van der Waals surface area contributed by atoms with E-state index in [1.807, 2.05) is 24.3 Å². The van der Waals surface area contributed by atoms with Crippen LogP contribution in [0.1, 0.15) is 37.4 Å². The quantitative estimate of drug-likeness (QED) is 0.449. The normalized spacial score (nSPS) is 12.4. The third kappa shape index (κ3) is 5.59. The highest BCUT2D eigenvalue weighted by Crippen LogP contribution is 2.20. The van der Waals surface area contributed by atoms with Crippen LogP contribution in [0.4, 0.5) is 5.69 Å². The summed E-state index contributed by atoms with van der Waals surface area (Å²) in [6, 6.07) is 12.0. The van der Waals surface area contributed by atoms with Gasteiger partial charge in [0.05, 0.1) is 12.2 Å². The Balaban J connectivity index is 0.00000242. The number of guanidine groups is 1. The Morgan fingerprint density at radius 2 is 2.00 bits per heavy atom. The van der Waals surface area contributed by atoms with E-state index in [0.717, 1.165) is 17.8 Å². The van der Waals surface area contributed by atoms with E-state index in [0.29, 0.717) is 18.4 Å². The molecule has 0 bridgehead atoms. The van der Waals surface area contributed by atoms with Gasteiger partial charge in [-0.2, -0.15) is 10.2 Å². The van der Waals surface area contributed by atoms with Gasteiger partial charge in [0.1, 0.15) is 0 Å². The van der Waals surface area contributed by atoms with Crippen LogP contribution in [-0.4, -0.2) is 16.2 Å². The maximum Gasteiger partial charge on any atom is 0.193 e. The van der Waals surface area contributed by atoms with Crippen LogP contribution in [0.2, 0.25) is 0 Å². The molecule has 0 saturated carbocycles. The van der Waals surface area contributed by atoms with Gasteiger partial charge in [0.2, 0.25) is 0 Å². The van der Waals surface area contributed by atoms with Crippen molar-refractivity contribution >= 4 is 35.6 Å². The van der Waals surface area contributed by atoms with Crippen molar-refractivity contribution < 1.29 is 0 Å². The van der Waals surface area contributed by atoms with Gasteiger partial charge in [-0.3, -0.25) is 0 Å². The molecule has 0 amide bonds. The van der Waals surface area contributed by atoms with Crippen molar-refractivity contribution in [3.8, 4) is 0 Å². The summed E-state index contributed by atoms with van der Waals surface area (Å²) in [6.07, 6.45) is 2.77. The number of rotatable bonds is 5. The number of nitrogens with zero attached hydrogens (tertiary/aromatic N) is 3. The Labute approximate surface area is 148 Å². The Bertz CT molecular complexity index is 583. The van der Waals surface area contributed by atoms with Crippen LogP contribution in [0, 0.1) is 0 Å². The summed E-state index contributed by atoms with van der Waals surface area (Å²) in [5.74, 6) is 0.943. The van der Waals surface area contributed by atoms with E-state index in [1.165, 1.54) is 5.56 Å². The van der Waals surface area contributed by atoms with Crippen LogP contribution >= 0.6 is 24.0 Å². The fourth-order valence-corrected chi connectivity index (χ4v) is 1.90. The van der Waals surface area contributed by atoms with Gasteiger partial charge in [-0.05, 0) is 42.2 Å². The number of aromatic nitrogens is 2. The highest BCUT2D eigenvalue weighted by atomic mass is 127. The van der Waals surface area contributed by atoms with Gasteiger partial charge in [-0.15, -0.1) is 24.0 Å². The topological polar surface area (TPSA) is 76.2 Å². The molecule has 5 nitrogen and oxygen atoms in total. The highest BCUT2D eigenvalue weighted by Gasteiger charge is 2.02. The third-order valence-electron chi connectivity index (χ3n) is 3.40. The molecule has 0 aliphatic carbocycles. The lowest BCUT2D eigenvalue weighted by Crippen LogP contribution is -2.22. The van der Waals surface area contributed by atoms with Crippen molar-refractivity contribution in [3.63, 3.8) is 0 Å². The number of nitrogens with one attached hydrogen (secondary N) is 1. The van der Waals surface area contributed by atoms with Gasteiger partial charge in [-0.25, -0.2) is 4.99 Å². The lowest BCUT2D eigenvalue weighted by atomic mass is 9.99. The Kier molecular flexibility index (Phi) is 7.79. The summed E-state index contributed by atoms with van der Waals surface area (Å²) in [5, 5.41) is 10.8. The molecular weight excluding hydrogens is 389 g/mol. The molecule has 0 saturated heterocycles. The van der Waals surface area contributed by atoms with Crippen molar-refractivity contribution in [1.29, 1.82) is 0 Å². The number of hydrogen-bond acceptors (Lipinski definition) is 3. The van der Waals surface area contributed by atoms with E-state index in [-0.39, 0.29) is 24.0 Å². The summed E-state index contributed by atoms with van der Waals surface area (Å²) >= 11 is 0. The first kappa shape index (κ1) is 18.3. The molecule has 0 aliphatic heterocycles. The molecule has 0 spiro atoms. The number of aliphatic imine (C=N–C) groups is 1.